The third kappa shape index (κ3) is 2.60. The van der Waals surface area contributed by atoms with E-state index in [0.717, 1.165) is 17.6 Å². The van der Waals surface area contributed by atoms with Gasteiger partial charge in [0.15, 0.2) is 0 Å². The lowest BCUT2D eigenvalue weighted by atomic mass is 10.2. The van der Waals surface area contributed by atoms with Crippen molar-refractivity contribution >= 4 is 39.7 Å². The molecule has 0 saturated heterocycles. The number of benzene rings is 1. The SMILES string of the molecule is O=C(Nc1cnns1)c1ccc([N+](=O)[O-])cc1Cl. The van der Waals surface area contributed by atoms with E-state index in [9.17, 15) is 14.9 Å². The Bertz CT molecular complexity index is 602. The maximum absolute atomic E-state index is 11.8. The summed E-state index contributed by atoms with van der Waals surface area (Å²) in [4.78, 5) is 21.7. The van der Waals surface area contributed by atoms with E-state index < -0.39 is 10.8 Å². The fourth-order valence-corrected chi connectivity index (χ4v) is 1.88. The van der Waals surface area contributed by atoms with Crippen molar-refractivity contribution in [1.29, 1.82) is 0 Å². The van der Waals surface area contributed by atoms with Gasteiger partial charge < -0.3 is 5.32 Å². The molecule has 0 unspecified atom stereocenters. The number of nitro groups is 1. The minimum Gasteiger partial charge on any atom is -0.311 e. The van der Waals surface area contributed by atoms with E-state index in [1.807, 2.05) is 0 Å². The first-order valence-electron chi connectivity index (χ1n) is 4.60. The molecule has 0 saturated carbocycles. The molecule has 1 heterocycles. The maximum atomic E-state index is 11.8. The van der Waals surface area contributed by atoms with E-state index in [2.05, 4.69) is 14.9 Å². The predicted octanol–water partition coefficient (Wildman–Crippen LogP) is 2.35. The molecule has 92 valence electrons. The number of amides is 1. The zero-order chi connectivity index (χ0) is 13.1. The highest BCUT2D eigenvalue weighted by atomic mass is 35.5. The summed E-state index contributed by atoms with van der Waals surface area (Å²) in [7, 11) is 0. The Morgan fingerprint density at radius 2 is 2.28 bits per heavy atom. The van der Waals surface area contributed by atoms with Gasteiger partial charge in [0.25, 0.3) is 11.6 Å². The molecule has 0 atom stereocenters. The number of anilines is 1. The Morgan fingerprint density at radius 3 is 2.83 bits per heavy atom. The molecule has 0 aliphatic heterocycles. The highest BCUT2D eigenvalue weighted by Gasteiger charge is 2.15. The van der Waals surface area contributed by atoms with Crippen LogP contribution in [0.3, 0.4) is 0 Å². The zero-order valence-corrected chi connectivity index (χ0v) is 10.2. The van der Waals surface area contributed by atoms with Crippen LogP contribution in [-0.4, -0.2) is 20.4 Å². The van der Waals surface area contributed by atoms with Gasteiger partial charge in [-0.2, -0.15) is 0 Å². The van der Waals surface area contributed by atoms with Gasteiger partial charge >= 0.3 is 0 Å². The van der Waals surface area contributed by atoms with Crippen LogP contribution < -0.4 is 5.32 Å². The van der Waals surface area contributed by atoms with Gasteiger partial charge in [0.2, 0.25) is 0 Å². The topological polar surface area (TPSA) is 98.0 Å². The molecule has 0 aliphatic rings. The molecule has 0 aliphatic carbocycles. The number of aromatic nitrogens is 2. The Labute approximate surface area is 110 Å². The average molecular weight is 285 g/mol. The summed E-state index contributed by atoms with van der Waals surface area (Å²) in [5.74, 6) is -0.471. The summed E-state index contributed by atoms with van der Waals surface area (Å²) >= 11 is 6.83. The quantitative estimate of drug-likeness (QED) is 0.689. The minimum absolute atomic E-state index is 0.0131. The van der Waals surface area contributed by atoms with Gasteiger partial charge in [-0.3, -0.25) is 14.9 Å². The molecule has 2 rings (SSSR count). The maximum Gasteiger partial charge on any atom is 0.270 e. The average Bonchev–Trinajstić information content (AvgIpc) is 2.81. The second kappa shape index (κ2) is 5.07. The molecule has 1 N–H and O–H groups in total. The second-order valence-electron chi connectivity index (χ2n) is 3.16. The lowest BCUT2D eigenvalue weighted by Gasteiger charge is -2.03. The predicted molar refractivity (Wildman–Crippen MR) is 66.0 cm³/mol. The van der Waals surface area contributed by atoms with Crippen molar-refractivity contribution < 1.29 is 9.72 Å². The number of non-ortho nitro benzene ring substituents is 1. The number of nitro benzene ring substituents is 1. The smallest absolute Gasteiger partial charge is 0.270 e. The van der Waals surface area contributed by atoms with E-state index in [4.69, 9.17) is 11.6 Å². The van der Waals surface area contributed by atoms with Gasteiger partial charge in [-0.15, -0.1) is 5.10 Å². The fourth-order valence-electron chi connectivity index (χ4n) is 1.20. The van der Waals surface area contributed by atoms with Crippen LogP contribution in [-0.2, 0) is 0 Å². The highest BCUT2D eigenvalue weighted by Crippen LogP contribution is 2.23. The van der Waals surface area contributed by atoms with Crippen LogP contribution >= 0.6 is 23.1 Å². The first kappa shape index (κ1) is 12.4. The minimum atomic E-state index is -0.583. The molecule has 1 aromatic heterocycles. The molecular formula is C9H5ClN4O3S. The molecule has 0 bridgehead atoms. The van der Waals surface area contributed by atoms with Crippen LogP contribution in [0.25, 0.3) is 0 Å². The Kier molecular flexibility index (Phi) is 3.49. The number of nitrogens with zero attached hydrogens (tertiary/aromatic N) is 3. The van der Waals surface area contributed by atoms with Crippen molar-refractivity contribution in [2.45, 2.75) is 0 Å². The van der Waals surface area contributed by atoms with Crippen molar-refractivity contribution in [2.24, 2.45) is 0 Å². The molecular weight excluding hydrogens is 280 g/mol. The summed E-state index contributed by atoms with van der Waals surface area (Å²) in [5.41, 5.74) is -0.0216. The Morgan fingerprint density at radius 1 is 1.50 bits per heavy atom. The number of carbonyl (C=O) groups is 1. The van der Waals surface area contributed by atoms with E-state index in [-0.39, 0.29) is 16.3 Å². The largest absolute Gasteiger partial charge is 0.311 e. The van der Waals surface area contributed by atoms with Crippen LogP contribution in [0.2, 0.25) is 5.02 Å². The molecule has 0 radical (unpaired) electrons. The van der Waals surface area contributed by atoms with Crippen molar-refractivity contribution in [3.05, 3.63) is 45.1 Å². The third-order valence-corrected chi connectivity index (χ3v) is 2.90. The number of hydrogen-bond acceptors (Lipinski definition) is 6. The van der Waals surface area contributed by atoms with Crippen LogP contribution in [0.1, 0.15) is 10.4 Å². The number of halogens is 1. The van der Waals surface area contributed by atoms with Gasteiger partial charge in [-0.05, 0) is 6.07 Å². The number of nitrogens with one attached hydrogen (secondary N) is 1. The summed E-state index contributed by atoms with van der Waals surface area (Å²) < 4.78 is 3.58. The summed E-state index contributed by atoms with van der Waals surface area (Å²) in [6.07, 6.45) is 1.39. The first-order valence-corrected chi connectivity index (χ1v) is 5.75. The molecule has 0 spiro atoms. The monoisotopic (exact) mass is 284 g/mol. The lowest BCUT2D eigenvalue weighted by Crippen LogP contribution is -2.11. The van der Waals surface area contributed by atoms with Crippen molar-refractivity contribution in [3.8, 4) is 0 Å². The standard InChI is InChI=1S/C9H5ClN4O3S/c10-7-3-5(14(16)17)1-2-6(7)9(15)12-8-4-11-13-18-8/h1-4H,(H,12,15). The second-order valence-corrected chi connectivity index (χ2v) is 4.35. The molecule has 0 fully saturated rings. The van der Waals surface area contributed by atoms with Gasteiger partial charge in [0.05, 0.1) is 21.7 Å². The van der Waals surface area contributed by atoms with Crippen LogP contribution in [0.4, 0.5) is 10.7 Å². The summed E-state index contributed by atoms with van der Waals surface area (Å²) in [5, 5.41) is 17.1. The molecule has 1 amide bonds. The summed E-state index contributed by atoms with van der Waals surface area (Å²) in [6, 6.07) is 3.64. The van der Waals surface area contributed by atoms with Crippen molar-refractivity contribution in [3.63, 3.8) is 0 Å². The first-order chi connectivity index (χ1) is 8.58. The Hall–Kier alpha value is -2.06. The zero-order valence-electron chi connectivity index (χ0n) is 8.66. The molecule has 9 heteroatoms. The van der Waals surface area contributed by atoms with Gasteiger partial charge in [0.1, 0.15) is 5.00 Å². The summed E-state index contributed by atoms with van der Waals surface area (Å²) in [6.45, 7) is 0. The van der Waals surface area contributed by atoms with Gasteiger partial charge in [-0.25, -0.2) is 0 Å². The third-order valence-electron chi connectivity index (χ3n) is 2.01. The van der Waals surface area contributed by atoms with E-state index in [0.29, 0.717) is 5.00 Å². The Balaban J connectivity index is 2.23. The van der Waals surface area contributed by atoms with Crippen molar-refractivity contribution in [1.82, 2.24) is 9.59 Å². The number of carbonyl (C=O) groups excluding carboxylic acids is 1. The van der Waals surface area contributed by atoms with Gasteiger partial charge in [0, 0.05) is 23.7 Å². The van der Waals surface area contributed by atoms with Crippen LogP contribution in [0.5, 0.6) is 0 Å². The van der Waals surface area contributed by atoms with E-state index >= 15 is 0 Å². The molecule has 2 aromatic rings. The normalized spacial score (nSPS) is 10.1. The van der Waals surface area contributed by atoms with Gasteiger partial charge in [-0.1, -0.05) is 16.1 Å². The molecule has 1 aromatic carbocycles. The van der Waals surface area contributed by atoms with Crippen molar-refractivity contribution in [2.75, 3.05) is 5.32 Å². The lowest BCUT2D eigenvalue weighted by molar-refractivity contribution is -0.384. The van der Waals surface area contributed by atoms with Crippen LogP contribution in [0, 0.1) is 10.1 Å². The molecule has 7 nitrogen and oxygen atoms in total. The fraction of sp³-hybridized carbons (Fsp3) is 0. The highest BCUT2D eigenvalue weighted by molar-refractivity contribution is 7.10. The van der Waals surface area contributed by atoms with E-state index in [1.165, 1.54) is 18.3 Å². The number of rotatable bonds is 3. The van der Waals surface area contributed by atoms with Crippen LogP contribution in [0.15, 0.2) is 24.4 Å². The number of hydrogen-bond donors (Lipinski definition) is 1. The van der Waals surface area contributed by atoms with E-state index in [1.54, 1.807) is 0 Å². The molecule has 18 heavy (non-hydrogen) atoms.